The molecule has 6 nitrogen and oxygen atoms in total. The lowest BCUT2D eigenvalue weighted by molar-refractivity contribution is 0.971. The van der Waals surface area contributed by atoms with Crippen LogP contribution in [0.2, 0.25) is 5.02 Å². The maximum absolute atomic E-state index is 7.81. The Morgan fingerprint density at radius 1 is 1.04 bits per heavy atom. The standard InChI is InChI=1S/C18H13ClN6/c19-13-3-1-2-12(10-13)17-23-18-14(16(20)21)4-5-15(25(18)24-17)11-6-8-22-9-7-11/h1-10H,(H3,20,21). The topological polar surface area (TPSA) is 93.0 Å². The number of aromatic nitrogens is 4. The molecule has 122 valence electrons. The molecule has 3 heterocycles. The zero-order chi connectivity index (χ0) is 17.4. The van der Waals surface area contributed by atoms with Crippen molar-refractivity contribution in [2.75, 3.05) is 0 Å². The van der Waals surface area contributed by atoms with Gasteiger partial charge in [-0.1, -0.05) is 23.7 Å². The fourth-order valence-electron chi connectivity index (χ4n) is 2.66. The number of rotatable bonds is 3. The molecule has 0 fully saturated rings. The highest BCUT2D eigenvalue weighted by atomic mass is 35.5. The predicted molar refractivity (Wildman–Crippen MR) is 97.7 cm³/mol. The predicted octanol–water partition coefficient (Wildman–Crippen LogP) is 3.40. The van der Waals surface area contributed by atoms with E-state index in [0.29, 0.717) is 22.1 Å². The zero-order valence-electron chi connectivity index (χ0n) is 13.0. The number of nitrogens with zero attached hydrogens (tertiary/aromatic N) is 4. The average molecular weight is 349 g/mol. The van der Waals surface area contributed by atoms with Crippen LogP contribution in [0, 0.1) is 5.41 Å². The SMILES string of the molecule is N=C(N)c1ccc(-c2ccncc2)n2nc(-c3cccc(Cl)c3)nc12. The average Bonchev–Trinajstić information content (AvgIpc) is 3.06. The minimum absolute atomic E-state index is 0.0590. The minimum atomic E-state index is -0.0590. The Balaban J connectivity index is 2.00. The summed E-state index contributed by atoms with van der Waals surface area (Å²) in [6.45, 7) is 0. The van der Waals surface area contributed by atoms with Crippen LogP contribution in [0.5, 0.6) is 0 Å². The molecule has 3 N–H and O–H groups in total. The van der Waals surface area contributed by atoms with Crippen molar-refractivity contribution in [2.24, 2.45) is 5.73 Å². The lowest BCUT2D eigenvalue weighted by atomic mass is 10.1. The minimum Gasteiger partial charge on any atom is -0.384 e. The van der Waals surface area contributed by atoms with Gasteiger partial charge in [-0.2, -0.15) is 0 Å². The number of hydrogen-bond acceptors (Lipinski definition) is 4. The number of hydrogen-bond donors (Lipinski definition) is 2. The van der Waals surface area contributed by atoms with Gasteiger partial charge in [-0.3, -0.25) is 10.4 Å². The third kappa shape index (κ3) is 2.72. The third-order valence-electron chi connectivity index (χ3n) is 3.83. The van der Waals surface area contributed by atoms with Crippen LogP contribution < -0.4 is 5.73 Å². The van der Waals surface area contributed by atoms with E-state index in [1.54, 1.807) is 35.1 Å². The quantitative estimate of drug-likeness (QED) is 0.438. The Labute approximate surface area is 148 Å². The van der Waals surface area contributed by atoms with Crippen molar-refractivity contribution in [1.29, 1.82) is 5.41 Å². The molecule has 7 heteroatoms. The van der Waals surface area contributed by atoms with Crippen LogP contribution in [0.15, 0.2) is 60.9 Å². The van der Waals surface area contributed by atoms with Crippen molar-refractivity contribution in [3.8, 4) is 22.6 Å². The molecule has 0 spiro atoms. The lowest BCUT2D eigenvalue weighted by Crippen LogP contribution is -2.13. The van der Waals surface area contributed by atoms with Crippen molar-refractivity contribution in [2.45, 2.75) is 0 Å². The molecule has 0 bridgehead atoms. The van der Waals surface area contributed by atoms with Crippen molar-refractivity contribution in [3.63, 3.8) is 0 Å². The molecule has 0 saturated heterocycles. The van der Waals surface area contributed by atoms with Crippen LogP contribution in [0.1, 0.15) is 5.56 Å². The van der Waals surface area contributed by atoms with Gasteiger partial charge in [0.1, 0.15) is 5.84 Å². The van der Waals surface area contributed by atoms with E-state index in [1.165, 1.54) is 0 Å². The molecule has 1 aromatic carbocycles. The molecule has 0 radical (unpaired) electrons. The summed E-state index contributed by atoms with van der Waals surface area (Å²) < 4.78 is 1.70. The number of benzene rings is 1. The smallest absolute Gasteiger partial charge is 0.182 e. The fourth-order valence-corrected chi connectivity index (χ4v) is 2.85. The largest absolute Gasteiger partial charge is 0.384 e. The summed E-state index contributed by atoms with van der Waals surface area (Å²) in [4.78, 5) is 8.63. The molecule has 0 aliphatic rings. The van der Waals surface area contributed by atoms with Gasteiger partial charge >= 0.3 is 0 Å². The molecular weight excluding hydrogens is 336 g/mol. The van der Waals surface area contributed by atoms with Gasteiger partial charge in [-0.15, -0.1) is 5.10 Å². The molecular formula is C18H13ClN6. The Hall–Kier alpha value is -3.25. The van der Waals surface area contributed by atoms with E-state index in [-0.39, 0.29) is 5.84 Å². The maximum Gasteiger partial charge on any atom is 0.182 e. The van der Waals surface area contributed by atoms with Crippen LogP contribution in [-0.2, 0) is 0 Å². The highest BCUT2D eigenvalue weighted by Crippen LogP contribution is 2.25. The molecule has 0 amide bonds. The summed E-state index contributed by atoms with van der Waals surface area (Å²) in [5.74, 6) is 0.461. The van der Waals surface area contributed by atoms with Gasteiger partial charge in [-0.25, -0.2) is 9.50 Å². The Bertz CT molecular complexity index is 1090. The highest BCUT2D eigenvalue weighted by Gasteiger charge is 2.15. The summed E-state index contributed by atoms with van der Waals surface area (Å²) in [6, 6.07) is 14.8. The van der Waals surface area contributed by atoms with E-state index >= 15 is 0 Å². The first-order valence-electron chi connectivity index (χ1n) is 7.54. The molecule has 0 atom stereocenters. The molecule has 25 heavy (non-hydrogen) atoms. The van der Waals surface area contributed by atoms with Gasteiger partial charge in [0.2, 0.25) is 0 Å². The summed E-state index contributed by atoms with van der Waals surface area (Å²) in [6.07, 6.45) is 3.43. The van der Waals surface area contributed by atoms with E-state index < -0.39 is 0 Å². The summed E-state index contributed by atoms with van der Waals surface area (Å²) in [7, 11) is 0. The Morgan fingerprint density at radius 3 is 2.56 bits per heavy atom. The molecule has 3 aromatic heterocycles. The summed E-state index contributed by atoms with van der Waals surface area (Å²) in [5.41, 5.74) is 9.34. The van der Waals surface area contributed by atoms with E-state index in [1.807, 2.05) is 30.3 Å². The second kappa shape index (κ2) is 5.99. The first-order chi connectivity index (χ1) is 12.1. The Morgan fingerprint density at radius 2 is 1.84 bits per heavy atom. The van der Waals surface area contributed by atoms with E-state index in [0.717, 1.165) is 16.8 Å². The monoisotopic (exact) mass is 348 g/mol. The molecule has 0 unspecified atom stereocenters. The number of amidine groups is 1. The summed E-state index contributed by atoms with van der Waals surface area (Å²) in [5, 5.41) is 13.0. The molecule has 4 rings (SSSR count). The van der Waals surface area contributed by atoms with Gasteiger partial charge in [0, 0.05) is 28.5 Å². The fraction of sp³-hybridized carbons (Fsp3) is 0. The Kier molecular flexibility index (Phi) is 3.66. The van der Waals surface area contributed by atoms with Crippen LogP contribution in [-0.4, -0.2) is 25.4 Å². The van der Waals surface area contributed by atoms with Crippen LogP contribution in [0.4, 0.5) is 0 Å². The molecule has 4 aromatic rings. The second-order valence-corrected chi connectivity index (χ2v) is 5.90. The number of pyridine rings is 2. The van der Waals surface area contributed by atoms with Gasteiger partial charge in [-0.05, 0) is 36.4 Å². The first kappa shape index (κ1) is 15.3. The van der Waals surface area contributed by atoms with E-state index in [9.17, 15) is 0 Å². The summed E-state index contributed by atoms with van der Waals surface area (Å²) >= 11 is 6.08. The van der Waals surface area contributed by atoms with Gasteiger partial charge in [0.15, 0.2) is 11.5 Å². The number of nitrogens with two attached hydrogens (primary N) is 1. The molecule has 0 aliphatic carbocycles. The van der Waals surface area contributed by atoms with Crippen LogP contribution >= 0.6 is 11.6 Å². The maximum atomic E-state index is 7.81. The number of nitrogen functional groups attached to an aromatic ring is 1. The number of halogens is 1. The molecule has 0 aliphatic heterocycles. The number of fused-ring (bicyclic) bond motifs is 1. The lowest BCUT2D eigenvalue weighted by Gasteiger charge is -2.06. The van der Waals surface area contributed by atoms with Gasteiger partial charge in [0.05, 0.1) is 11.3 Å². The normalized spacial score (nSPS) is 10.9. The van der Waals surface area contributed by atoms with Gasteiger partial charge < -0.3 is 5.73 Å². The van der Waals surface area contributed by atoms with Crippen molar-refractivity contribution < 1.29 is 0 Å². The third-order valence-corrected chi connectivity index (χ3v) is 4.07. The van der Waals surface area contributed by atoms with Crippen LogP contribution in [0.25, 0.3) is 28.3 Å². The highest BCUT2D eigenvalue weighted by molar-refractivity contribution is 6.30. The van der Waals surface area contributed by atoms with Gasteiger partial charge in [0.25, 0.3) is 0 Å². The van der Waals surface area contributed by atoms with Crippen molar-refractivity contribution in [1.82, 2.24) is 19.6 Å². The number of nitrogens with one attached hydrogen (secondary N) is 1. The van der Waals surface area contributed by atoms with Crippen LogP contribution in [0.3, 0.4) is 0 Å². The molecule has 0 saturated carbocycles. The van der Waals surface area contributed by atoms with Crippen molar-refractivity contribution >= 4 is 23.1 Å². The first-order valence-corrected chi connectivity index (χ1v) is 7.92. The van der Waals surface area contributed by atoms with Crippen molar-refractivity contribution in [3.05, 3.63) is 71.5 Å². The van der Waals surface area contributed by atoms with E-state index in [2.05, 4.69) is 15.1 Å². The van der Waals surface area contributed by atoms with E-state index in [4.69, 9.17) is 22.7 Å². The zero-order valence-corrected chi connectivity index (χ0v) is 13.8. The second-order valence-electron chi connectivity index (χ2n) is 5.46.